The fraction of sp³-hybridized carbons (Fsp3) is 0.344. The van der Waals surface area contributed by atoms with Crippen LogP contribution in [0, 0.1) is 19.8 Å². The lowest BCUT2D eigenvalue weighted by atomic mass is 9.57. The van der Waals surface area contributed by atoms with Crippen LogP contribution in [0.4, 0.5) is 11.4 Å². The highest BCUT2D eigenvalue weighted by molar-refractivity contribution is 6.21. The number of ether oxygens (including phenoxy) is 1. The molecule has 0 bridgehead atoms. The number of hydrogen-bond acceptors (Lipinski definition) is 5. The van der Waals surface area contributed by atoms with Gasteiger partial charge in [-0.3, -0.25) is 19.3 Å². The number of carbonyl (C=O) groups excluding carboxylic acids is 3. The molecule has 0 radical (unpaired) electrons. The Hall–Kier alpha value is -3.97. The van der Waals surface area contributed by atoms with Crippen molar-refractivity contribution >= 4 is 29.0 Å². The van der Waals surface area contributed by atoms with Crippen LogP contribution in [-0.4, -0.2) is 41.7 Å². The van der Waals surface area contributed by atoms with Crippen LogP contribution >= 0.6 is 0 Å². The van der Waals surface area contributed by atoms with Crippen molar-refractivity contribution in [2.24, 2.45) is 5.92 Å². The summed E-state index contributed by atoms with van der Waals surface area (Å²) in [6, 6.07) is 18.5. The highest BCUT2D eigenvalue weighted by Crippen LogP contribution is 2.68. The van der Waals surface area contributed by atoms with E-state index >= 15 is 0 Å². The van der Waals surface area contributed by atoms with Crippen molar-refractivity contribution in [3.63, 3.8) is 0 Å². The minimum Gasteiger partial charge on any atom is -0.493 e. The lowest BCUT2D eigenvalue weighted by molar-refractivity contribution is -0.137. The highest BCUT2D eigenvalue weighted by Gasteiger charge is 2.81. The lowest BCUT2D eigenvalue weighted by Crippen LogP contribution is -2.62. The standard InChI is InChI=1S/C32H31N3O4/c1-4-39-25-14-8-5-10-20(25)28(36)26-24-13-9-17-35(24)32(22-16-15-18(2)19(3)27(22)34-30(32)38)31(26)21-11-6-7-12-23(21)33-29(31)37/h5-8,10-12,14-16,24,26H,4,9,13,17H2,1-3H3,(H,33,37)(H,34,38)/t24-,26-,31+,32-/m1/s1. The van der Waals surface area contributed by atoms with E-state index < -0.39 is 16.9 Å². The van der Waals surface area contributed by atoms with E-state index in [0.717, 1.165) is 35.2 Å². The minimum atomic E-state index is -1.46. The van der Waals surface area contributed by atoms with Gasteiger partial charge >= 0.3 is 0 Å². The van der Waals surface area contributed by atoms with Crippen molar-refractivity contribution in [1.82, 2.24) is 4.90 Å². The number of nitrogens with one attached hydrogen (secondary N) is 2. The first-order chi connectivity index (χ1) is 18.9. The zero-order valence-corrected chi connectivity index (χ0v) is 22.3. The van der Waals surface area contributed by atoms with Crippen LogP contribution in [0.25, 0.3) is 0 Å². The summed E-state index contributed by atoms with van der Waals surface area (Å²) >= 11 is 0. The number of Topliss-reactive ketones (excluding diaryl/α,β-unsaturated/α-hetero) is 1. The highest BCUT2D eigenvalue weighted by atomic mass is 16.5. The summed E-state index contributed by atoms with van der Waals surface area (Å²) < 4.78 is 5.89. The molecule has 4 atom stereocenters. The molecule has 4 aliphatic rings. The molecule has 0 aliphatic carbocycles. The first kappa shape index (κ1) is 24.1. The van der Waals surface area contributed by atoms with Gasteiger partial charge < -0.3 is 15.4 Å². The molecule has 2 fully saturated rings. The maximum absolute atomic E-state index is 14.9. The number of para-hydroxylation sites is 2. The van der Waals surface area contributed by atoms with Gasteiger partial charge in [0.05, 0.1) is 18.1 Å². The summed E-state index contributed by atoms with van der Waals surface area (Å²) in [5.74, 6) is -0.988. The first-order valence-electron chi connectivity index (χ1n) is 13.7. The number of hydrogen-bond donors (Lipinski definition) is 2. The molecule has 4 aliphatic heterocycles. The van der Waals surface area contributed by atoms with Gasteiger partial charge in [-0.25, -0.2) is 0 Å². The summed E-state index contributed by atoms with van der Waals surface area (Å²) in [6.07, 6.45) is 1.57. The number of carbonyl (C=O) groups is 3. The Labute approximate surface area is 227 Å². The molecule has 39 heavy (non-hydrogen) atoms. The Morgan fingerprint density at radius 3 is 2.56 bits per heavy atom. The van der Waals surface area contributed by atoms with Crippen molar-refractivity contribution in [1.29, 1.82) is 0 Å². The minimum absolute atomic E-state index is 0.162. The van der Waals surface area contributed by atoms with Crippen LogP contribution in [0.2, 0.25) is 0 Å². The van der Waals surface area contributed by atoms with Crippen LogP contribution < -0.4 is 15.4 Å². The molecule has 0 unspecified atom stereocenters. The van der Waals surface area contributed by atoms with Crippen molar-refractivity contribution in [2.75, 3.05) is 23.8 Å². The number of nitrogens with zero attached hydrogens (tertiary/aromatic N) is 1. The van der Waals surface area contributed by atoms with Gasteiger partial charge in [-0.15, -0.1) is 0 Å². The number of amides is 2. The molecular formula is C32H31N3O4. The van der Waals surface area contributed by atoms with Gasteiger partial charge in [0.25, 0.3) is 5.91 Å². The number of rotatable bonds is 4. The van der Waals surface area contributed by atoms with E-state index in [2.05, 4.69) is 15.5 Å². The predicted octanol–water partition coefficient (Wildman–Crippen LogP) is 4.72. The molecule has 7 heteroatoms. The van der Waals surface area contributed by atoms with Crippen LogP contribution in [0.1, 0.15) is 52.4 Å². The van der Waals surface area contributed by atoms with E-state index in [9.17, 15) is 14.4 Å². The average molecular weight is 522 g/mol. The fourth-order valence-corrected chi connectivity index (χ4v) is 8.01. The zero-order chi connectivity index (χ0) is 27.1. The van der Waals surface area contributed by atoms with Gasteiger partial charge in [-0.05, 0) is 75.0 Å². The molecule has 3 aromatic rings. The molecule has 2 spiro atoms. The van der Waals surface area contributed by atoms with Gasteiger partial charge in [0.1, 0.15) is 16.7 Å². The Kier molecular flexibility index (Phi) is 5.11. The lowest BCUT2D eigenvalue weighted by Gasteiger charge is -2.43. The van der Waals surface area contributed by atoms with E-state index in [1.807, 2.05) is 69.3 Å². The first-order valence-corrected chi connectivity index (χ1v) is 13.7. The largest absolute Gasteiger partial charge is 0.493 e. The van der Waals surface area contributed by atoms with Gasteiger partial charge in [-0.2, -0.15) is 0 Å². The normalized spacial score (nSPS) is 28.4. The second-order valence-electron chi connectivity index (χ2n) is 11.1. The molecule has 2 amide bonds. The molecule has 2 N–H and O–H groups in total. The fourth-order valence-electron chi connectivity index (χ4n) is 8.01. The van der Waals surface area contributed by atoms with E-state index in [1.54, 1.807) is 12.1 Å². The third-order valence-electron chi connectivity index (χ3n) is 9.54. The van der Waals surface area contributed by atoms with Gasteiger partial charge in [-0.1, -0.05) is 42.5 Å². The summed E-state index contributed by atoms with van der Waals surface area (Å²) in [7, 11) is 0. The molecule has 7 rings (SSSR count). The van der Waals surface area contributed by atoms with Gasteiger partial charge in [0.2, 0.25) is 5.91 Å². The Balaban J connectivity index is 1.58. The molecular weight excluding hydrogens is 490 g/mol. The Morgan fingerprint density at radius 1 is 0.974 bits per heavy atom. The average Bonchev–Trinajstić information content (AvgIpc) is 3.65. The summed E-state index contributed by atoms with van der Waals surface area (Å²) in [5.41, 5.74) is 2.57. The third-order valence-corrected chi connectivity index (χ3v) is 9.54. The van der Waals surface area contributed by atoms with Gasteiger partial charge in [0, 0.05) is 23.0 Å². The zero-order valence-electron chi connectivity index (χ0n) is 22.3. The van der Waals surface area contributed by atoms with Gasteiger partial charge in [0.15, 0.2) is 5.78 Å². The van der Waals surface area contributed by atoms with Crippen LogP contribution in [0.15, 0.2) is 60.7 Å². The predicted molar refractivity (Wildman–Crippen MR) is 148 cm³/mol. The van der Waals surface area contributed by atoms with Crippen molar-refractivity contribution in [3.8, 4) is 5.75 Å². The van der Waals surface area contributed by atoms with Crippen LogP contribution in [-0.2, 0) is 20.5 Å². The molecule has 0 saturated carbocycles. The third kappa shape index (κ3) is 2.73. The topological polar surface area (TPSA) is 87.7 Å². The molecule has 198 valence electrons. The molecule has 7 nitrogen and oxygen atoms in total. The van der Waals surface area contributed by atoms with E-state index in [0.29, 0.717) is 35.7 Å². The van der Waals surface area contributed by atoms with Crippen molar-refractivity contribution in [3.05, 3.63) is 88.5 Å². The number of benzene rings is 3. The van der Waals surface area contributed by atoms with Crippen molar-refractivity contribution < 1.29 is 19.1 Å². The summed E-state index contributed by atoms with van der Waals surface area (Å²) in [4.78, 5) is 46.2. The monoisotopic (exact) mass is 521 g/mol. The smallest absolute Gasteiger partial charge is 0.251 e. The van der Waals surface area contributed by atoms with E-state index in [1.165, 1.54) is 0 Å². The van der Waals surface area contributed by atoms with Crippen LogP contribution in [0.5, 0.6) is 5.75 Å². The quantitative estimate of drug-likeness (QED) is 0.486. The number of anilines is 2. The summed E-state index contributed by atoms with van der Waals surface area (Å²) in [6.45, 7) is 6.94. The Bertz CT molecular complexity index is 1580. The van der Waals surface area contributed by atoms with Crippen molar-refractivity contribution in [2.45, 2.75) is 50.6 Å². The summed E-state index contributed by atoms with van der Waals surface area (Å²) in [5, 5.41) is 6.28. The maximum Gasteiger partial charge on any atom is 0.251 e. The number of ketones is 1. The Morgan fingerprint density at radius 2 is 1.74 bits per heavy atom. The maximum atomic E-state index is 14.9. The molecule has 2 saturated heterocycles. The number of aryl methyl sites for hydroxylation is 1. The SMILES string of the molecule is CCOc1ccccc1C(=O)[C@H]1[C@H]2CCCN2[C@]2(C(=O)Nc3c2ccc(C)c3C)[C@]12C(=O)Nc1ccccc12. The second-order valence-corrected chi connectivity index (χ2v) is 11.1. The van der Waals surface area contributed by atoms with E-state index in [4.69, 9.17) is 4.74 Å². The van der Waals surface area contributed by atoms with E-state index in [-0.39, 0.29) is 23.6 Å². The molecule has 0 aromatic heterocycles. The second kappa shape index (κ2) is 8.26. The van der Waals surface area contributed by atoms with Crippen LogP contribution in [0.3, 0.4) is 0 Å². The molecule has 3 aromatic carbocycles. The number of fused-ring (bicyclic) bond motifs is 7. The molecule has 4 heterocycles.